The number of aliphatic hydroxyl groups is 1. The van der Waals surface area contributed by atoms with E-state index in [1.54, 1.807) is 28.1 Å². The van der Waals surface area contributed by atoms with Gasteiger partial charge in [0.05, 0.1) is 37.4 Å². The van der Waals surface area contributed by atoms with Gasteiger partial charge in [-0.3, -0.25) is 4.68 Å². The van der Waals surface area contributed by atoms with Gasteiger partial charge >= 0.3 is 0 Å². The molecule has 0 radical (unpaired) electrons. The molecule has 0 spiro atoms. The van der Waals surface area contributed by atoms with Gasteiger partial charge in [-0.25, -0.2) is 0 Å². The molecule has 1 aromatic carbocycles. The maximum absolute atomic E-state index is 8.85. The van der Waals surface area contributed by atoms with E-state index in [4.69, 9.17) is 5.11 Å². The number of benzene rings is 1. The Morgan fingerprint density at radius 2 is 1.81 bits per heavy atom. The lowest BCUT2D eigenvalue weighted by molar-refractivity contribution is 0.269. The summed E-state index contributed by atoms with van der Waals surface area (Å²) in [6, 6.07) is 7.88. The Hall–Kier alpha value is -2.67. The maximum Gasteiger partial charge on any atom is 0.0858 e. The van der Waals surface area contributed by atoms with Crippen molar-refractivity contribution in [2.24, 2.45) is 0 Å². The van der Waals surface area contributed by atoms with Gasteiger partial charge in [0.25, 0.3) is 0 Å². The molecule has 0 fully saturated rings. The normalized spacial score (nSPS) is 10.7. The van der Waals surface area contributed by atoms with Crippen LogP contribution in [0.4, 0.5) is 5.69 Å². The van der Waals surface area contributed by atoms with Crippen molar-refractivity contribution in [2.75, 3.05) is 11.9 Å². The second-order valence-corrected chi connectivity index (χ2v) is 4.55. The molecule has 0 unspecified atom stereocenters. The fraction of sp³-hybridized carbons (Fsp3) is 0.214. The molecular formula is C14H16N6O. The fourth-order valence-electron chi connectivity index (χ4n) is 1.99. The quantitative estimate of drug-likeness (QED) is 0.707. The van der Waals surface area contributed by atoms with E-state index in [0.717, 1.165) is 16.9 Å². The zero-order valence-electron chi connectivity index (χ0n) is 11.4. The molecule has 0 aliphatic carbocycles. The third-order valence-electron chi connectivity index (χ3n) is 3.03. The van der Waals surface area contributed by atoms with Crippen LogP contribution in [0.5, 0.6) is 0 Å². The van der Waals surface area contributed by atoms with Gasteiger partial charge in [-0.1, -0.05) is 0 Å². The highest BCUT2D eigenvalue weighted by Gasteiger charge is 2.00. The zero-order chi connectivity index (χ0) is 14.5. The van der Waals surface area contributed by atoms with Gasteiger partial charge in [-0.2, -0.15) is 20.1 Å². The molecule has 3 aromatic rings. The van der Waals surface area contributed by atoms with E-state index in [-0.39, 0.29) is 6.61 Å². The molecular weight excluding hydrogens is 268 g/mol. The van der Waals surface area contributed by atoms with Crippen LogP contribution in [0.3, 0.4) is 0 Å². The fourth-order valence-corrected chi connectivity index (χ4v) is 1.99. The number of aliphatic hydroxyl groups excluding tert-OH is 1. The molecule has 0 aliphatic rings. The first-order valence-electron chi connectivity index (χ1n) is 6.68. The van der Waals surface area contributed by atoms with Crippen LogP contribution >= 0.6 is 0 Å². The number of anilines is 1. The highest BCUT2D eigenvalue weighted by atomic mass is 16.3. The van der Waals surface area contributed by atoms with Gasteiger partial charge in [-0.15, -0.1) is 0 Å². The van der Waals surface area contributed by atoms with E-state index in [0.29, 0.717) is 13.1 Å². The second kappa shape index (κ2) is 6.19. The Bertz CT molecular complexity index is 674. The number of aromatic nitrogens is 5. The predicted octanol–water partition coefficient (Wildman–Crippen LogP) is 1.07. The Morgan fingerprint density at radius 3 is 2.52 bits per heavy atom. The number of nitrogens with one attached hydrogen (secondary N) is 1. The van der Waals surface area contributed by atoms with E-state index in [2.05, 4.69) is 20.6 Å². The maximum atomic E-state index is 8.85. The average Bonchev–Trinajstić information content (AvgIpc) is 3.18. The molecule has 108 valence electrons. The summed E-state index contributed by atoms with van der Waals surface area (Å²) in [7, 11) is 0. The van der Waals surface area contributed by atoms with E-state index < -0.39 is 0 Å². The standard InChI is InChI=1S/C14H16N6O/c21-8-7-19-11-12(10-18-19)9-15-13-1-3-14(4-2-13)20-16-5-6-17-20/h1-6,10-11,15,21H,7-9H2. The largest absolute Gasteiger partial charge is 0.394 e. The highest BCUT2D eigenvalue weighted by Crippen LogP contribution is 2.12. The lowest BCUT2D eigenvalue weighted by Gasteiger charge is -2.06. The summed E-state index contributed by atoms with van der Waals surface area (Å²) in [5.41, 5.74) is 3.00. The van der Waals surface area contributed by atoms with E-state index in [1.807, 2.05) is 30.5 Å². The van der Waals surface area contributed by atoms with Crippen molar-refractivity contribution in [1.29, 1.82) is 0 Å². The van der Waals surface area contributed by atoms with Crippen molar-refractivity contribution in [3.63, 3.8) is 0 Å². The monoisotopic (exact) mass is 284 g/mol. The Morgan fingerprint density at radius 1 is 1.05 bits per heavy atom. The summed E-state index contributed by atoms with van der Waals surface area (Å²) < 4.78 is 1.73. The molecule has 0 bridgehead atoms. The first-order chi connectivity index (χ1) is 10.3. The van der Waals surface area contributed by atoms with E-state index in [1.165, 1.54) is 0 Å². The van der Waals surface area contributed by atoms with Gasteiger partial charge < -0.3 is 10.4 Å². The highest BCUT2D eigenvalue weighted by molar-refractivity contribution is 5.48. The molecule has 3 rings (SSSR count). The minimum Gasteiger partial charge on any atom is -0.394 e. The number of hydrogen-bond acceptors (Lipinski definition) is 5. The molecule has 2 heterocycles. The number of hydrogen-bond donors (Lipinski definition) is 2. The van der Waals surface area contributed by atoms with Crippen LogP contribution in [0.2, 0.25) is 0 Å². The molecule has 2 N–H and O–H groups in total. The van der Waals surface area contributed by atoms with Crippen LogP contribution in [0.1, 0.15) is 5.56 Å². The smallest absolute Gasteiger partial charge is 0.0858 e. The van der Waals surface area contributed by atoms with Gasteiger partial charge in [0.15, 0.2) is 0 Å². The molecule has 7 heteroatoms. The number of nitrogens with zero attached hydrogens (tertiary/aromatic N) is 5. The van der Waals surface area contributed by atoms with Crippen LogP contribution < -0.4 is 5.32 Å². The van der Waals surface area contributed by atoms with Crippen LogP contribution in [0.25, 0.3) is 5.69 Å². The van der Waals surface area contributed by atoms with E-state index in [9.17, 15) is 0 Å². The van der Waals surface area contributed by atoms with Crippen molar-refractivity contribution in [3.8, 4) is 5.69 Å². The SMILES string of the molecule is OCCn1cc(CNc2ccc(-n3nccn3)cc2)cn1. The summed E-state index contributed by atoms with van der Waals surface area (Å²) in [6.45, 7) is 1.30. The summed E-state index contributed by atoms with van der Waals surface area (Å²) in [5.74, 6) is 0. The van der Waals surface area contributed by atoms with Crippen LogP contribution in [0.15, 0.2) is 49.1 Å². The molecule has 0 atom stereocenters. The summed E-state index contributed by atoms with van der Waals surface area (Å²) in [6.07, 6.45) is 7.02. The first-order valence-corrected chi connectivity index (χ1v) is 6.68. The predicted molar refractivity (Wildman–Crippen MR) is 78.0 cm³/mol. The molecule has 0 aliphatic heterocycles. The van der Waals surface area contributed by atoms with E-state index >= 15 is 0 Å². The van der Waals surface area contributed by atoms with Crippen LogP contribution in [-0.2, 0) is 13.1 Å². The van der Waals surface area contributed by atoms with Crippen molar-refractivity contribution in [1.82, 2.24) is 24.8 Å². The Kier molecular flexibility index (Phi) is 3.92. The Balaban J connectivity index is 1.60. The lowest BCUT2D eigenvalue weighted by atomic mass is 10.2. The molecule has 0 amide bonds. The molecule has 21 heavy (non-hydrogen) atoms. The molecule has 0 saturated heterocycles. The Labute approximate surface area is 121 Å². The summed E-state index contributed by atoms with van der Waals surface area (Å²) >= 11 is 0. The minimum absolute atomic E-state index is 0.0947. The topological polar surface area (TPSA) is 80.8 Å². The van der Waals surface area contributed by atoms with Crippen molar-refractivity contribution < 1.29 is 5.11 Å². The average molecular weight is 284 g/mol. The molecule has 7 nitrogen and oxygen atoms in total. The van der Waals surface area contributed by atoms with Gasteiger partial charge in [0.1, 0.15) is 0 Å². The number of rotatable bonds is 6. The lowest BCUT2D eigenvalue weighted by Crippen LogP contribution is -2.02. The first kappa shape index (κ1) is 13.3. The van der Waals surface area contributed by atoms with Crippen molar-refractivity contribution in [3.05, 3.63) is 54.6 Å². The molecule has 2 aromatic heterocycles. The zero-order valence-corrected chi connectivity index (χ0v) is 11.4. The third-order valence-corrected chi connectivity index (χ3v) is 3.03. The van der Waals surface area contributed by atoms with Gasteiger partial charge in [-0.05, 0) is 24.3 Å². The second-order valence-electron chi connectivity index (χ2n) is 4.55. The summed E-state index contributed by atoms with van der Waals surface area (Å²) in [4.78, 5) is 1.57. The molecule has 0 saturated carbocycles. The third kappa shape index (κ3) is 3.26. The summed E-state index contributed by atoms with van der Waals surface area (Å²) in [5, 5.41) is 24.5. The van der Waals surface area contributed by atoms with Gasteiger partial charge in [0.2, 0.25) is 0 Å². The van der Waals surface area contributed by atoms with Gasteiger partial charge in [0, 0.05) is 24.0 Å². The van der Waals surface area contributed by atoms with Crippen molar-refractivity contribution >= 4 is 5.69 Å². The van der Waals surface area contributed by atoms with Crippen LogP contribution in [0, 0.1) is 0 Å². The van der Waals surface area contributed by atoms with Crippen LogP contribution in [-0.4, -0.2) is 36.5 Å². The minimum atomic E-state index is 0.0947. The van der Waals surface area contributed by atoms with Crippen molar-refractivity contribution in [2.45, 2.75) is 13.1 Å².